The largest absolute Gasteiger partial charge is 0.493 e. The van der Waals surface area contributed by atoms with E-state index in [1.807, 2.05) is 43.5 Å². The van der Waals surface area contributed by atoms with Gasteiger partial charge in [-0.3, -0.25) is 0 Å². The monoisotopic (exact) mass is 279 g/mol. The van der Waals surface area contributed by atoms with Crippen molar-refractivity contribution in [3.8, 4) is 5.75 Å². The minimum Gasteiger partial charge on any atom is -0.493 e. The summed E-state index contributed by atoms with van der Waals surface area (Å²) in [6.45, 7) is 2.67. The van der Waals surface area contributed by atoms with Crippen LogP contribution in [-0.2, 0) is 0 Å². The van der Waals surface area contributed by atoms with E-state index < -0.39 is 0 Å². The van der Waals surface area contributed by atoms with E-state index in [0.717, 1.165) is 16.5 Å². The van der Waals surface area contributed by atoms with E-state index in [1.165, 1.54) is 5.56 Å². The van der Waals surface area contributed by atoms with Gasteiger partial charge in [0.25, 0.3) is 0 Å². The number of benzene rings is 1. The highest BCUT2D eigenvalue weighted by Crippen LogP contribution is 2.19. The number of ether oxygens (including phenoxy) is 1. The maximum Gasteiger partial charge on any atom is 0.120 e. The second-order valence-electron chi connectivity index (χ2n) is 3.83. The Hall–Kier alpha value is -1.19. The summed E-state index contributed by atoms with van der Waals surface area (Å²) in [6, 6.07) is 11.5. The fraction of sp³-hybridized carbons (Fsp3) is 0.214. The van der Waals surface area contributed by atoms with Crippen LogP contribution in [0.2, 0.25) is 5.02 Å². The maximum absolute atomic E-state index is 5.87. The zero-order valence-corrected chi connectivity index (χ0v) is 11.7. The fourth-order valence-electron chi connectivity index (χ4n) is 1.40. The number of hydrogen-bond donors (Lipinski definition) is 0. The molecule has 2 rings (SSSR count). The van der Waals surface area contributed by atoms with Crippen molar-refractivity contribution in [1.29, 1.82) is 0 Å². The Balaban J connectivity index is 1.74. The van der Waals surface area contributed by atoms with Crippen molar-refractivity contribution in [3.05, 3.63) is 53.2 Å². The van der Waals surface area contributed by atoms with E-state index >= 15 is 0 Å². The van der Waals surface area contributed by atoms with Crippen LogP contribution in [0.5, 0.6) is 5.75 Å². The topological polar surface area (TPSA) is 22.1 Å². The molecule has 0 aliphatic carbocycles. The molecule has 0 spiro atoms. The first-order valence-corrected chi connectivity index (χ1v) is 7.04. The third kappa shape index (κ3) is 4.24. The Labute approximate surface area is 116 Å². The fourth-order valence-corrected chi connectivity index (χ4v) is 2.25. The zero-order chi connectivity index (χ0) is 12.8. The Bertz CT molecular complexity index is 501. The van der Waals surface area contributed by atoms with Crippen LogP contribution in [0.4, 0.5) is 0 Å². The predicted molar refractivity (Wildman–Crippen MR) is 76.6 cm³/mol. The average molecular weight is 280 g/mol. The molecule has 0 atom stereocenters. The van der Waals surface area contributed by atoms with Crippen LogP contribution in [0.3, 0.4) is 0 Å². The molecule has 0 radical (unpaired) electrons. The van der Waals surface area contributed by atoms with E-state index in [2.05, 4.69) is 11.1 Å². The summed E-state index contributed by atoms with van der Waals surface area (Å²) in [7, 11) is 0. The second-order valence-corrected chi connectivity index (χ2v) is 5.38. The molecule has 94 valence electrons. The van der Waals surface area contributed by atoms with Gasteiger partial charge in [0, 0.05) is 17.0 Å². The quantitative estimate of drug-likeness (QED) is 0.604. The number of nitrogens with zero attached hydrogens (tertiary/aromatic N) is 1. The van der Waals surface area contributed by atoms with Gasteiger partial charge in [-0.2, -0.15) is 0 Å². The Morgan fingerprint density at radius 2 is 2.17 bits per heavy atom. The minimum absolute atomic E-state index is 0.639. The van der Waals surface area contributed by atoms with Crippen molar-refractivity contribution in [3.63, 3.8) is 0 Å². The van der Waals surface area contributed by atoms with Crippen molar-refractivity contribution < 1.29 is 4.74 Å². The highest BCUT2D eigenvalue weighted by molar-refractivity contribution is 7.99. The SMILES string of the molecule is Cc1ccc(SCCOc2cccc(Cl)c2)nc1. The van der Waals surface area contributed by atoms with E-state index in [-0.39, 0.29) is 0 Å². The number of rotatable bonds is 5. The van der Waals surface area contributed by atoms with Crippen LogP contribution in [0.15, 0.2) is 47.6 Å². The summed E-state index contributed by atoms with van der Waals surface area (Å²) in [4.78, 5) is 4.32. The molecular weight excluding hydrogens is 266 g/mol. The van der Waals surface area contributed by atoms with Crippen LogP contribution >= 0.6 is 23.4 Å². The standard InChI is InChI=1S/C14H14ClNOS/c1-11-5-6-14(16-10-11)18-8-7-17-13-4-2-3-12(15)9-13/h2-6,9-10H,7-8H2,1H3. The van der Waals surface area contributed by atoms with Gasteiger partial charge in [-0.15, -0.1) is 11.8 Å². The van der Waals surface area contributed by atoms with Crippen LogP contribution in [0.1, 0.15) is 5.56 Å². The van der Waals surface area contributed by atoms with Gasteiger partial charge in [-0.05, 0) is 36.8 Å². The highest BCUT2D eigenvalue weighted by atomic mass is 35.5. The number of halogens is 1. The minimum atomic E-state index is 0.639. The van der Waals surface area contributed by atoms with E-state index in [0.29, 0.717) is 11.6 Å². The lowest BCUT2D eigenvalue weighted by Crippen LogP contribution is -2.00. The molecule has 2 nitrogen and oxygen atoms in total. The van der Waals surface area contributed by atoms with Crippen molar-refractivity contribution in [1.82, 2.24) is 4.98 Å². The van der Waals surface area contributed by atoms with Crippen LogP contribution in [-0.4, -0.2) is 17.3 Å². The van der Waals surface area contributed by atoms with Gasteiger partial charge in [-0.1, -0.05) is 23.7 Å². The third-order valence-electron chi connectivity index (χ3n) is 2.28. The molecule has 1 aromatic heterocycles. The lowest BCUT2D eigenvalue weighted by atomic mass is 10.3. The van der Waals surface area contributed by atoms with Gasteiger partial charge < -0.3 is 4.74 Å². The Kier molecular flexibility index (Phi) is 4.90. The van der Waals surface area contributed by atoms with Gasteiger partial charge in [0.2, 0.25) is 0 Å². The van der Waals surface area contributed by atoms with Crippen molar-refractivity contribution in [2.75, 3.05) is 12.4 Å². The molecule has 0 aliphatic rings. The number of hydrogen-bond acceptors (Lipinski definition) is 3. The number of pyridine rings is 1. The molecule has 0 saturated carbocycles. The number of thioether (sulfide) groups is 1. The zero-order valence-electron chi connectivity index (χ0n) is 10.1. The first-order chi connectivity index (χ1) is 8.74. The van der Waals surface area contributed by atoms with E-state index in [4.69, 9.17) is 16.3 Å². The van der Waals surface area contributed by atoms with E-state index in [9.17, 15) is 0 Å². The predicted octanol–water partition coefficient (Wildman–Crippen LogP) is 4.21. The lowest BCUT2D eigenvalue weighted by molar-refractivity contribution is 0.344. The van der Waals surface area contributed by atoms with Gasteiger partial charge >= 0.3 is 0 Å². The molecule has 18 heavy (non-hydrogen) atoms. The van der Waals surface area contributed by atoms with Crippen molar-refractivity contribution in [2.45, 2.75) is 11.9 Å². The molecule has 0 aliphatic heterocycles. The normalized spacial score (nSPS) is 10.3. The van der Waals surface area contributed by atoms with Crippen molar-refractivity contribution in [2.24, 2.45) is 0 Å². The van der Waals surface area contributed by atoms with Gasteiger partial charge in [0.1, 0.15) is 5.75 Å². The summed E-state index contributed by atoms with van der Waals surface area (Å²) < 4.78 is 5.60. The van der Waals surface area contributed by atoms with Crippen LogP contribution in [0.25, 0.3) is 0 Å². The second kappa shape index (κ2) is 6.66. The molecule has 0 unspecified atom stereocenters. The summed E-state index contributed by atoms with van der Waals surface area (Å²) >= 11 is 7.56. The molecule has 0 saturated heterocycles. The lowest BCUT2D eigenvalue weighted by Gasteiger charge is -2.06. The molecule has 0 amide bonds. The Morgan fingerprint density at radius 3 is 2.89 bits per heavy atom. The van der Waals surface area contributed by atoms with Crippen LogP contribution in [0, 0.1) is 6.92 Å². The molecule has 1 heterocycles. The highest BCUT2D eigenvalue weighted by Gasteiger charge is 1.97. The Morgan fingerprint density at radius 1 is 1.28 bits per heavy atom. The first-order valence-electron chi connectivity index (χ1n) is 5.68. The van der Waals surface area contributed by atoms with Crippen LogP contribution < -0.4 is 4.74 Å². The summed E-state index contributed by atoms with van der Waals surface area (Å²) in [6.07, 6.45) is 1.88. The van der Waals surface area contributed by atoms with Crippen molar-refractivity contribution >= 4 is 23.4 Å². The van der Waals surface area contributed by atoms with Gasteiger partial charge in [-0.25, -0.2) is 4.98 Å². The molecule has 4 heteroatoms. The number of aromatic nitrogens is 1. The first kappa shape index (κ1) is 13.2. The molecule has 2 aromatic rings. The molecule has 0 fully saturated rings. The maximum atomic E-state index is 5.87. The summed E-state index contributed by atoms with van der Waals surface area (Å²) in [5.74, 6) is 1.67. The summed E-state index contributed by atoms with van der Waals surface area (Å²) in [5, 5.41) is 1.72. The van der Waals surface area contributed by atoms with E-state index in [1.54, 1.807) is 11.8 Å². The number of aryl methyl sites for hydroxylation is 1. The molecule has 0 N–H and O–H groups in total. The smallest absolute Gasteiger partial charge is 0.120 e. The van der Waals surface area contributed by atoms with Gasteiger partial charge in [0.05, 0.1) is 11.6 Å². The van der Waals surface area contributed by atoms with Gasteiger partial charge in [0.15, 0.2) is 0 Å². The molecular formula is C14H14ClNOS. The molecule has 1 aromatic carbocycles. The average Bonchev–Trinajstić information content (AvgIpc) is 2.37. The molecule has 0 bridgehead atoms. The third-order valence-corrected chi connectivity index (χ3v) is 3.43. The summed E-state index contributed by atoms with van der Waals surface area (Å²) in [5.41, 5.74) is 1.18.